The number of hydrogen-bond donors (Lipinski definition) is 2. The van der Waals surface area contributed by atoms with Crippen LogP contribution in [0.3, 0.4) is 0 Å². The average molecular weight is 389 g/mol. The molecule has 0 aliphatic heterocycles. The molecule has 0 aliphatic rings. The summed E-state index contributed by atoms with van der Waals surface area (Å²) in [5, 5.41) is 29.7. The number of halogens is 1. The minimum Gasteiger partial charge on any atom is -0.345 e. The summed E-state index contributed by atoms with van der Waals surface area (Å²) in [4.78, 5) is 7.76. The number of allylic oxidation sites excluding steroid dienone is 2. The predicted molar refractivity (Wildman–Crippen MR) is 96.7 cm³/mol. The molecule has 2 N–H and O–H groups in total. The zero-order chi connectivity index (χ0) is 17.8. The van der Waals surface area contributed by atoms with Crippen molar-refractivity contribution in [3.05, 3.63) is 58.2 Å². The Morgan fingerprint density at radius 2 is 1.72 bits per heavy atom. The normalized spacial score (nSPS) is 9.68. The van der Waals surface area contributed by atoms with Crippen LogP contribution in [0.25, 0.3) is 22.4 Å². The summed E-state index contributed by atoms with van der Waals surface area (Å²) in [6.07, 6.45) is 0. The van der Waals surface area contributed by atoms with Crippen LogP contribution in [-0.2, 0) is 0 Å². The van der Waals surface area contributed by atoms with Crippen molar-refractivity contribution < 1.29 is 0 Å². The number of aromatic amines is 1. The minimum absolute atomic E-state index is 0.0861. The van der Waals surface area contributed by atoms with E-state index in [-0.39, 0.29) is 11.3 Å². The van der Waals surface area contributed by atoms with Crippen LogP contribution in [0.5, 0.6) is 0 Å². The number of anilines is 1. The van der Waals surface area contributed by atoms with Crippen molar-refractivity contribution in [3.8, 4) is 29.6 Å². The first-order valence-corrected chi connectivity index (χ1v) is 7.91. The number of nitriles is 3. The largest absolute Gasteiger partial charge is 0.345 e. The van der Waals surface area contributed by atoms with Gasteiger partial charge < -0.3 is 10.3 Å². The quantitative estimate of drug-likeness (QED) is 0.651. The van der Waals surface area contributed by atoms with E-state index in [0.717, 1.165) is 26.9 Å². The molecule has 0 atom stereocenters. The van der Waals surface area contributed by atoms with Crippen LogP contribution < -0.4 is 5.32 Å². The number of nitrogens with zero attached hydrogens (tertiary/aromatic N) is 4. The lowest BCUT2D eigenvalue weighted by Gasteiger charge is -2.03. The molecule has 0 aliphatic carbocycles. The Balaban J connectivity index is 1.98. The second-order valence-electron chi connectivity index (χ2n) is 5.03. The van der Waals surface area contributed by atoms with E-state index < -0.39 is 0 Å². The van der Waals surface area contributed by atoms with E-state index in [2.05, 4.69) is 31.2 Å². The minimum atomic E-state index is -0.261. The van der Waals surface area contributed by atoms with Gasteiger partial charge >= 0.3 is 0 Å². The van der Waals surface area contributed by atoms with Gasteiger partial charge in [-0.2, -0.15) is 15.8 Å². The lowest BCUT2D eigenvalue weighted by molar-refractivity contribution is 1.33. The number of benzene rings is 2. The highest BCUT2D eigenvalue weighted by Gasteiger charge is 2.09. The molecule has 7 heteroatoms. The molecule has 25 heavy (non-hydrogen) atoms. The van der Waals surface area contributed by atoms with Crippen molar-refractivity contribution in [2.75, 3.05) is 5.32 Å². The highest BCUT2D eigenvalue weighted by Crippen LogP contribution is 2.24. The Kier molecular flexibility index (Phi) is 4.48. The van der Waals surface area contributed by atoms with Crippen molar-refractivity contribution in [1.29, 1.82) is 15.8 Å². The van der Waals surface area contributed by atoms with Crippen LogP contribution >= 0.6 is 15.9 Å². The molecule has 0 unspecified atom stereocenters. The van der Waals surface area contributed by atoms with E-state index in [1.165, 1.54) is 0 Å². The van der Waals surface area contributed by atoms with E-state index in [4.69, 9.17) is 15.8 Å². The van der Waals surface area contributed by atoms with Crippen LogP contribution in [0.1, 0.15) is 0 Å². The molecule has 0 amide bonds. The van der Waals surface area contributed by atoms with Gasteiger partial charge in [-0.1, -0.05) is 28.1 Å². The van der Waals surface area contributed by atoms with Gasteiger partial charge in [-0.3, -0.25) is 0 Å². The fourth-order valence-corrected chi connectivity index (χ4v) is 2.52. The summed E-state index contributed by atoms with van der Waals surface area (Å²) in [6, 6.07) is 18.3. The maximum absolute atomic E-state index is 9.11. The van der Waals surface area contributed by atoms with Gasteiger partial charge in [0.2, 0.25) is 0 Å². The molecular formula is C18H9BrN6. The molecule has 2 aromatic carbocycles. The summed E-state index contributed by atoms with van der Waals surface area (Å²) >= 11 is 3.40. The third-order valence-electron chi connectivity index (χ3n) is 3.45. The molecule has 0 spiro atoms. The summed E-state index contributed by atoms with van der Waals surface area (Å²) in [7, 11) is 0. The molecule has 1 aromatic heterocycles. The number of hydrogen-bond acceptors (Lipinski definition) is 5. The Hall–Kier alpha value is -3.60. The maximum atomic E-state index is 9.11. The summed E-state index contributed by atoms with van der Waals surface area (Å²) < 4.78 is 0.987. The van der Waals surface area contributed by atoms with Crippen molar-refractivity contribution in [2.45, 2.75) is 0 Å². The summed E-state index contributed by atoms with van der Waals surface area (Å²) in [5.41, 5.74) is 2.72. The third-order valence-corrected chi connectivity index (χ3v) is 3.98. The van der Waals surface area contributed by atoms with E-state index >= 15 is 0 Å². The molecule has 118 valence electrons. The molecule has 0 radical (unpaired) electrons. The number of rotatable bonds is 3. The number of fused-ring (bicyclic) bond motifs is 1. The van der Waals surface area contributed by atoms with Gasteiger partial charge in [-0.15, -0.1) is 0 Å². The van der Waals surface area contributed by atoms with Crippen molar-refractivity contribution in [3.63, 3.8) is 0 Å². The van der Waals surface area contributed by atoms with E-state index in [0.29, 0.717) is 5.69 Å². The summed E-state index contributed by atoms with van der Waals surface area (Å²) in [6.45, 7) is 0. The van der Waals surface area contributed by atoms with Crippen LogP contribution in [0.4, 0.5) is 5.69 Å². The van der Waals surface area contributed by atoms with Gasteiger partial charge in [0.25, 0.3) is 0 Å². The lowest BCUT2D eigenvalue weighted by atomic mass is 10.2. The van der Waals surface area contributed by atoms with Crippen LogP contribution in [-0.4, -0.2) is 9.97 Å². The Morgan fingerprint density at radius 3 is 2.36 bits per heavy atom. The van der Waals surface area contributed by atoms with E-state index in [1.54, 1.807) is 30.3 Å². The zero-order valence-corrected chi connectivity index (χ0v) is 14.3. The fraction of sp³-hybridized carbons (Fsp3) is 0. The molecule has 0 saturated heterocycles. The number of H-pyrrole nitrogens is 1. The SMILES string of the molecule is N#CC(C#N)=C(C#N)Nc1ccc2nc(-c3ccc(Br)cc3)[nH]c2c1. The predicted octanol–water partition coefficient (Wildman–Crippen LogP) is 4.23. The lowest BCUT2D eigenvalue weighted by Crippen LogP contribution is -2.00. The van der Waals surface area contributed by atoms with Gasteiger partial charge in [0.1, 0.15) is 29.7 Å². The Labute approximate surface area is 151 Å². The van der Waals surface area contributed by atoms with Crippen molar-refractivity contribution >= 4 is 32.7 Å². The molecule has 3 rings (SSSR count). The zero-order valence-electron chi connectivity index (χ0n) is 12.7. The second kappa shape index (κ2) is 6.88. The van der Waals surface area contributed by atoms with Crippen LogP contribution in [0, 0.1) is 34.0 Å². The molecule has 0 saturated carbocycles. The van der Waals surface area contributed by atoms with Crippen LogP contribution in [0.2, 0.25) is 0 Å². The second-order valence-corrected chi connectivity index (χ2v) is 5.95. The van der Waals surface area contributed by atoms with E-state index in [1.807, 2.05) is 30.3 Å². The monoisotopic (exact) mass is 388 g/mol. The topological polar surface area (TPSA) is 112 Å². The van der Waals surface area contributed by atoms with Gasteiger partial charge in [-0.25, -0.2) is 4.98 Å². The maximum Gasteiger partial charge on any atom is 0.163 e. The van der Waals surface area contributed by atoms with Crippen LogP contribution in [0.15, 0.2) is 58.2 Å². The standard InChI is InChI=1S/C18H9BrN6/c19-13-3-1-11(2-4-13)18-24-15-6-5-14(7-16(15)25-18)23-17(10-22)12(8-20)9-21/h1-7,23H,(H,24,25). The van der Waals surface area contributed by atoms with Gasteiger partial charge in [-0.05, 0) is 30.3 Å². The fourth-order valence-electron chi connectivity index (χ4n) is 2.26. The van der Waals surface area contributed by atoms with Gasteiger partial charge in [0.15, 0.2) is 5.57 Å². The van der Waals surface area contributed by atoms with Gasteiger partial charge in [0, 0.05) is 15.7 Å². The van der Waals surface area contributed by atoms with Crippen molar-refractivity contribution in [2.24, 2.45) is 0 Å². The molecule has 1 heterocycles. The summed E-state index contributed by atoms with van der Waals surface area (Å²) in [5.74, 6) is 0.727. The number of aromatic nitrogens is 2. The first kappa shape index (κ1) is 16.3. The Bertz CT molecular complexity index is 1090. The molecule has 3 aromatic rings. The van der Waals surface area contributed by atoms with Gasteiger partial charge in [0.05, 0.1) is 11.0 Å². The molecule has 0 fully saturated rings. The molecule has 6 nitrogen and oxygen atoms in total. The molecular weight excluding hydrogens is 380 g/mol. The first-order valence-electron chi connectivity index (χ1n) is 7.12. The van der Waals surface area contributed by atoms with E-state index in [9.17, 15) is 0 Å². The number of nitrogens with one attached hydrogen (secondary N) is 2. The highest BCUT2D eigenvalue weighted by atomic mass is 79.9. The first-order chi connectivity index (χ1) is 12.1. The molecule has 0 bridgehead atoms. The Morgan fingerprint density at radius 1 is 1.00 bits per heavy atom. The number of imidazole rings is 1. The highest BCUT2D eigenvalue weighted by molar-refractivity contribution is 9.10. The smallest absolute Gasteiger partial charge is 0.163 e. The third kappa shape index (κ3) is 3.35. The average Bonchev–Trinajstić information content (AvgIpc) is 3.05. The van der Waals surface area contributed by atoms with Crippen molar-refractivity contribution in [1.82, 2.24) is 9.97 Å².